The van der Waals surface area contributed by atoms with Crippen molar-refractivity contribution < 1.29 is 0 Å². The van der Waals surface area contributed by atoms with Crippen LogP contribution >= 0.6 is 0 Å². The van der Waals surface area contributed by atoms with E-state index in [1.54, 1.807) is 0 Å². The van der Waals surface area contributed by atoms with Crippen molar-refractivity contribution >= 4 is 114 Å². The molecule has 66 heavy (non-hydrogen) atoms. The van der Waals surface area contributed by atoms with Crippen molar-refractivity contribution in [2.45, 2.75) is 0 Å². The molecule has 4 aliphatic heterocycles. The molecule has 14 rings (SSSR count). The molecular weight excluding hydrogens is 798 g/mol. The monoisotopic (exact) mass is 838 g/mol. The molecule has 10 aromatic carbocycles. The number of benzene rings is 10. The summed E-state index contributed by atoms with van der Waals surface area (Å²) in [5.41, 5.74) is 24.4. The number of fused-ring (bicyclic) bond motifs is 8. The third-order valence-corrected chi connectivity index (χ3v) is 14.2. The van der Waals surface area contributed by atoms with Crippen molar-refractivity contribution in [1.29, 1.82) is 0 Å². The minimum Gasteiger partial charge on any atom is -0.311 e. The Kier molecular flexibility index (Phi) is 8.14. The molecule has 4 heterocycles. The first-order valence-electron chi connectivity index (χ1n) is 22.9. The zero-order valence-corrected chi connectivity index (χ0v) is 36.0. The van der Waals surface area contributed by atoms with Gasteiger partial charge in [0.25, 0.3) is 13.4 Å². The maximum absolute atomic E-state index is 2.63. The topological polar surface area (TPSA) is 13.0 Å². The van der Waals surface area contributed by atoms with Crippen molar-refractivity contribution in [3.8, 4) is 11.1 Å². The van der Waals surface area contributed by atoms with Crippen LogP contribution in [0.15, 0.2) is 243 Å². The van der Waals surface area contributed by atoms with E-state index >= 15 is 0 Å². The summed E-state index contributed by atoms with van der Waals surface area (Å²) < 4.78 is 0. The number of para-hydroxylation sites is 6. The summed E-state index contributed by atoms with van der Waals surface area (Å²) in [5.74, 6) is 0. The largest absolute Gasteiger partial charge is 0.311 e. The van der Waals surface area contributed by atoms with Crippen LogP contribution in [0.4, 0.5) is 68.2 Å². The number of nitrogens with zero attached hydrogens (tertiary/aromatic N) is 4. The van der Waals surface area contributed by atoms with Gasteiger partial charge in [-0.1, -0.05) is 158 Å². The maximum Gasteiger partial charge on any atom is 0.252 e. The zero-order valence-electron chi connectivity index (χ0n) is 36.0. The highest BCUT2D eigenvalue weighted by Gasteiger charge is 2.49. The van der Waals surface area contributed by atoms with Crippen molar-refractivity contribution in [3.63, 3.8) is 0 Å². The Bertz CT molecular complexity index is 3300. The summed E-state index contributed by atoms with van der Waals surface area (Å²) in [4.78, 5) is 10.1. The molecule has 0 unspecified atom stereocenters. The van der Waals surface area contributed by atoms with Crippen LogP contribution in [0.1, 0.15) is 0 Å². The van der Waals surface area contributed by atoms with E-state index in [2.05, 4.69) is 262 Å². The molecule has 0 atom stereocenters. The Hall–Kier alpha value is -8.47. The van der Waals surface area contributed by atoms with Gasteiger partial charge in [0, 0.05) is 62.4 Å². The van der Waals surface area contributed by atoms with Crippen LogP contribution < -0.4 is 52.4 Å². The van der Waals surface area contributed by atoms with Crippen molar-refractivity contribution in [2.75, 3.05) is 19.6 Å². The average molecular weight is 839 g/mol. The molecule has 0 N–H and O–H groups in total. The Morgan fingerprint density at radius 1 is 0.242 bits per heavy atom. The summed E-state index contributed by atoms with van der Waals surface area (Å²) in [6.45, 7) is -0.117. The van der Waals surface area contributed by atoms with Crippen LogP contribution in [0.5, 0.6) is 0 Å². The molecule has 0 aromatic heterocycles. The highest BCUT2D eigenvalue weighted by molar-refractivity contribution is 7.03. The van der Waals surface area contributed by atoms with E-state index in [4.69, 9.17) is 0 Å². The predicted octanol–water partition coefficient (Wildman–Crippen LogP) is 11.5. The molecule has 4 nitrogen and oxygen atoms in total. The third kappa shape index (κ3) is 5.24. The molecule has 4 aliphatic rings. The van der Waals surface area contributed by atoms with E-state index in [1.807, 2.05) is 0 Å². The molecule has 6 heteroatoms. The van der Waals surface area contributed by atoms with E-state index in [1.165, 1.54) is 89.4 Å². The fraction of sp³-hybridized carbons (Fsp3) is 0. The van der Waals surface area contributed by atoms with Gasteiger partial charge in [-0.05, 0) is 123 Å². The lowest BCUT2D eigenvalue weighted by molar-refractivity contribution is 1.23. The quantitative estimate of drug-likeness (QED) is 0.160. The minimum atomic E-state index is -0.0587. The van der Waals surface area contributed by atoms with Gasteiger partial charge in [-0.2, -0.15) is 0 Å². The SMILES string of the molecule is c1ccc(-c2c3c(cc4c2N(c2ccccc2)c2cccc5c2B4c2ccccc2N5c2ccccc2)B2c4ccccc4N(c4ccccc4)c4cccc(c42)N3c2ccccc2)cc1. The van der Waals surface area contributed by atoms with Gasteiger partial charge in [0.15, 0.2) is 0 Å². The van der Waals surface area contributed by atoms with Gasteiger partial charge in [0.1, 0.15) is 0 Å². The molecule has 0 spiro atoms. The first-order valence-corrected chi connectivity index (χ1v) is 22.9. The summed E-state index contributed by atoms with van der Waals surface area (Å²) >= 11 is 0. The standard InChI is InChI=1S/C60H40B2N4/c1-6-22-41(23-7-1)56-59-48(61-46-32-16-18-34-50(46)63(42-24-8-2-9-25-42)52-36-20-38-54(57(52)61)65(59)44-28-12-4-13-29-44)40-49-60(56)66(45-30-14-5-15-31-45)55-39-21-37-53-58(55)62(49)47-33-17-19-35-51(47)64(53)43-26-10-3-11-27-43/h1-40H. The van der Waals surface area contributed by atoms with E-state index in [0.717, 1.165) is 22.7 Å². The fourth-order valence-corrected chi connectivity index (χ4v) is 11.7. The lowest BCUT2D eigenvalue weighted by Crippen LogP contribution is -2.65. The smallest absolute Gasteiger partial charge is 0.252 e. The molecule has 0 fully saturated rings. The first-order chi connectivity index (χ1) is 32.8. The van der Waals surface area contributed by atoms with Gasteiger partial charge in [0.05, 0.1) is 11.4 Å². The summed E-state index contributed by atoms with van der Waals surface area (Å²) in [5, 5.41) is 0. The van der Waals surface area contributed by atoms with Gasteiger partial charge >= 0.3 is 0 Å². The minimum absolute atomic E-state index is 0.0587. The Morgan fingerprint density at radius 2 is 0.545 bits per heavy atom. The molecule has 0 radical (unpaired) electrons. The fourth-order valence-electron chi connectivity index (χ4n) is 11.7. The van der Waals surface area contributed by atoms with Crippen molar-refractivity contribution in [1.82, 2.24) is 0 Å². The Labute approximate surface area is 386 Å². The summed E-state index contributed by atoms with van der Waals surface area (Å²) in [7, 11) is 0. The van der Waals surface area contributed by atoms with Crippen LogP contribution in [0.2, 0.25) is 0 Å². The third-order valence-electron chi connectivity index (χ3n) is 14.2. The number of anilines is 12. The zero-order chi connectivity index (χ0) is 43.3. The van der Waals surface area contributed by atoms with Gasteiger partial charge in [0.2, 0.25) is 0 Å². The van der Waals surface area contributed by atoms with Crippen LogP contribution in [0.3, 0.4) is 0 Å². The van der Waals surface area contributed by atoms with Crippen LogP contribution in [-0.2, 0) is 0 Å². The van der Waals surface area contributed by atoms with Crippen molar-refractivity contribution in [2.24, 2.45) is 0 Å². The van der Waals surface area contributed by atoms with Gasteiger partial charge in [-0.3, -0.25) is 0 Å². The van der Waals surface area contributed by atoms with Crippen molar-refractivity contribution in [3.05, 3.63) is 243 Å². The first kappa shape index (κ1) is 37.0. The molecule has 306 valence electrons. The lowest BCUT2D eigenvalue weighted by Gasteiger charge is -2.48. The summed E-state index contributed by atoms with van der Waals surface area (Å²) in [6.07, 6.45) is 0. The molecule has 0 saturated carbocycles. The highest BCUT2D eigenvalue weighted by atomic mass is 15.2. The summed E-state index contributed by atoms with van der Waals surface area (Å²) in [6, 6.07) is 89.7. The van der Waals surface area contributed by atoms with E-state index < -0.39 is 0 Å². The van der Waals surface area contributed by atoms with E-state index in [9.17, 15) is 0 Å². The number of hydrogen-bond acceptors (Lipinski definition) is 4. The van der Waals surface area contributed by atoms with Crippen LogP contribution in [0, 0.1) is 0 Å². The van der Waals surface area contributed by atoms with E-state index in [0.29, 0.717) is 0 Å². The maximum atomic E-state index is 2.63. The lowest BCUT2D eigenvalue weighted by atomic mass is 9.30. The Balaban J connectivity index is 1.16. The molecule has 0 amide bonds. The second kappa shape index (κ2) is 14.5. The molecule has 0 bridgehead atoms. The van der Waals surface area contributed by atoms with Gasteiger partial charge in [-0.25, -0.2) is 0 Å². The van der Waals surface area contributed by atoms with E-state index in [-0.39, 0.29) is 13.4 Å². The molecule has 10 aromatic rings. The number of rotatable bonds is 5. The van der Waals surface area contributed by atoms with Gasteiger partial charge < -0.3 is 19.6 Å². The average Bonchev–Trinajstić information content (AvgIpc) is 3.39. The van der Waals surface area contributed by atoms with Gasteiger partial charge in [-0.15, -0.1) is 0 Å². The van der Waals surface area contributed by atoms with Crippen LogP contribution in [-0.4, -0.2) is 13.4 Å². The number of hydrogen-bond donors (Lipinski definition) is 0. The molecule has 0 saturated heterocycles. The normalized spacial score (nSPS) is 13.6. The molecule has 0 aliphatic carbocycles. The second-order valence-corrected chi connectivity index (χ2v) is 17.6. The Morgan fingerprint density at radius 3 is 0.939 bits per heavy atom. The predicted molar refractivity (Wildman–Crippen MR) is 280 cm³/mol. The van der Waals surface area contributed by atoms with Crippen LogP contribution in [0.25, 0.3) is 11.1 Å². The highest BCUT2D eigenvalue weighted by Crippen LogP contribution is 2.53. The second-order valence-electron chi connectivity index (χ2n) is 17.6. The molecular formula is C60H40B2N4.